The van der Waals surface area contributed by atoms with Gasteiger partial charge in [-0.15, -0.1) is 0 Å². The van der Waals surface area contributed by atoms with Gasteiger partial charge in [0.1, 0.15) is 5.75 Å². The third-order valence-electron chi connectivity index (χ3n) is 4.20. The van der Waals surface area contributed by atoms with Crippen LogP contribution in [0.15, 0.2) is 54.7 Å². The van der Waals surface area contributed by atoms with Crippen LogP contribution in [0.25, 0.3) is 10.8 Å². The zero-order valence-corrected chi connectivity index (χ0v) is 13.7. The molecule has 0 radical (unpaired) electrons. The molecule has 0 fully saturated rings. The van der Waals surface area contributed by atoms with Crippen LogP contribution in [0.5, 0.6) is 5.75 Å². The zero-order chi connectivity index (χ0) is 17.4. The van der Waals surface area contributed by atoms with E-state index in [-0.39, 0.29) is 11.8 Å². The highest BCUT2D eigenvalue weighted by Gasteiger charge is 2.37. The fourth-order valence-electron chi connectivity index (χ4n) is 3.00. The number of hydrogen-bond acceptors (Lipinski definition) is 4. The second-order valence-electron chi connectivity index (χ2n) is 5.86. The largest absolute Gasteiger partial charge is 0.494 e. The third kappa shape index (κ3) is 2.45. The van der Waals surface area contributed by atoms with E-state index in [4.69, 9.17) is 4.74 Å². The molecule has 5 nitrogen and oxygen atoms in total. The highest BCUT2D eigenvalue weighted by molar-refractivity contribution is 6.35. The van der Waals surface area contributed by atoms with Crippen molar-refractivity contribution in [2.75, 3.05) is 11.5 Å². The maximum absolute atomic E-state index is 12.7. The molecule has 0 atom stereocenters. The van der Waals surface area contributed by atoms with E-state index in [0.717, 1.165) is 16.7 Å². The van der Waals surface area contributed by atoms with Crippen LogP contribution in [-0.2, 0) is 0 Å². The average Bonchev–Trinajstić information content (AvgIpc) is 2.90. The molecule has 1 aliphatic heterocycles. The summed E-state index contributed by atoms with van der Waals surface area (Å²) in [5.74, 6) is 0.340. The van der Waals surface area contributed by atoms with Gasteiger partial charge in [0.25, 0.3) is 11.8 Å². The minimum atomic E-state index is -0.347. The molecule has 0 aliphatic carbocycles. The highest BCUT2D eigenvalue weighted by Crippen LogP contribution is 2.33. The molecule has 0 saturated carbocycles. The number of amides is 2. The first-order valence-electron chi connectivity index (χ1n) is 8.20. The number of aromatic nitrogens is 1. The molecule has 2 heterocycles. The lowest BCUT2D eigenvalue weighted by atomic mass is 10.1. The van der Waals surface area contributed by atoms with Crippen molar-refractivity contribution in [3.05, 3.63) is 65.9 Å². The van der Waals surface area contributed by atoms with E-state index in [1.165, 1.54) is 0 Å². The molecule has 0 bridgehead atoms. The van der Waals surface area contributed by atoms with Gasteiger partial charge < -0.3 is 4.74 Å². The molecule has 0 unspecified atom stereocenters. The number of hydrogen-bond donors (Lipinski definition) is 0. The van der Waals surface area contributed by atoms with Crippen molar-refractivity contribution in [3.8, 4) is 5.75 Å². The van der Waals surface area contributed by atoms with E-state index in [1.54, 1.807) is 30.5 Å². The van der Waals surface area contributed by atoms with Gasteiger partial charge >= 0.3 is 0 Å². The number of nitrogens with zero attached hydrogens (tertiary/aromatic N) is 2. The van der Waals surface area contributed by atoms with Crippen LogP contribution < -0.4 is 9.64 Å². The zero-order valence-electron chi connectivity index (χ0n) is 13.7. The molecule has 4 rings (SSSR count). The van der Waals surface area contributed by atoms with E-state index >= 15 is 0 Å². The van der Waals surface area contributed by atoms with Gasteiger partial charge in [0.2, 0.25) is 0 Å². The van der Waals surface area contributed by atoms with Crippen LogP contribution in [0.2, 0.25) is 0 Å². The van der Waals surface area contributed by atoms with E-state index in [1.807, 2.05) is 31.2 Å². The Hall–Kier alpha value is -3.21. The van der Waals surface area contributed by atoms with Gasteiger partial charge in [0, 0.05) is 11.6 Å². The van der Waals surface area contributed by atoms with E-state index in [9.17, 15) is 9.59 Å². The number of rotatable bonds is 4. The van der Waals surface area contributed by atoms with Crippen molar-refractivity contribution in [2.45, 2.75) is 13.3 Å². The standard InChI is InChI=1S/C20H16N2O3/c1-2-11-25-14-8-7-13-9-10-21-18(17(13)12-14)22-19(23)15-5-3-4-6-16(15)20(22)24/h3-10,12H,2,11H2,1H3. The number of ether oxygens (including phenoxy) is 1. The first-order valence-corrected chi connectivity index (χ1v) is 8.20. The van der Waals surface area contributed by atoms with Crippen molar-refractivity contribution in [2.24, 2.45) is 0 Å². The van der Waals surface area contributed by atoms with E-state index in [2.05, 4.69) is 4.98 Å². The lowest BCUT2D eigenvalue weighted by Crippen LogP contribution is -2.30. The van der Waals surface area contributed by atoms with Gasteiger partial charge in [-0.1, -0.05) is 25.1 Å². The summed E-state index contributed by atoms with van der Waals surface area (Å²) >= 11 is 0. The van der Waals surface area contributed by atoms with Crippen LogP contribution in [0.3, 0.4) is 0 Å². The highest BCUT2D eigenvalue weighted by atomic mass is 16.5. The predicted octanol–water partition coefficient (Wildman–Crippen LogP) is 3.82. The van der Waals surface area contributed by atoms with Crippen molar-refractivity contribution in [1.29, 1.82) is 0 Å². The molecule has 1 aromatic heterocycles. The number of fused-ring (bicyclic) bond motifs is 2. The van der Waals surface area contributed by atoms with Crippen molar-refractivity contribution in [3.63, 3.8) is 0 Å². The Labute approximate surface area is 144 Å². The Morgan fingerprint density at radius 1 is 1.00 bits per heavy atom. The van der Waals surface area contributed by atoms with Gasteiger partial charge in [-0.3, -0.25) is 9.59 Å². The van der Waals surface area contributed by atoms with E-state index in [0.29, 0.717) is 34.7 Å². The predicted molar refractivity (Wildman–Crippen MR) is 95.1 cm³/mol. The lowest BCUT2D eigenvalue weighted by molar-refractivity contribution is 0.0925. The Kier molecular flexibility index (Phi) is 3.69. The number of pyridine rings is 1. The fraction of sp³-hybridized carbons (Fsp3) is 0.150. The second-order valence-corrected chi connectivity index (χ2v) is 5.86. The first-order chi connectivity index (χ1) is 12.2. The van der Waals surface area contributed by atoms with E-state index < -0.39 is 0 Å². The van der Waals surface area contributed by atoms with Crippen molar-refractivity contribution < 1.29 is 14.3 Å². The van der Waals surface area contributed by atoms with Gasteiger partial charge in [0.15, 0.2) is 5.82 Å². The second kappa shape index (κ2) is 6.02. The molecule has 2 amide bonds. The maximum atomic E-state index is 12.7. The number of carbonyl (C=O) groups is 2. The lowest BCUT2D eigenvalue weighted by Gasteiger charge is -2.16. The Morgan fingerprint density at radius 3 is 2.40 bits per heavy atom. The summed E-state index contributed by atoms with van der Waals surface area (Å²) in [7, 11) is 0. The summed E-state index contributed by atoms with van der Waals surface area (Å²) in [5.41, 5.74) is 0.814. The smallest absolute Gasteiger partial charge is 0.267 e. The molecule has 3 aromatic rings. The average molecular weight is 332 g/mol. The Bertz CT molecular complexity index is 962. The third-order valence-corrected chi connectivity index (χ3v) is 4.20. The van der Waals surface area contributed by atoms with Gasteiger partial charge in [-0.25, -0.2) is 9.88 Å². The SMILES string of the molecule is CCCOc1ccc2ccnc(N3C(=O)c4ccccc4C3=O)c2c1. The van der Waals surface area contributed by atoms with Crippen molar-refractivity contribution in [1.82, 2.24) is 4.98 Å². The fourth-order valence-corrected chi connectivity index (χ4v) is 3.00. The van der Waals surface area contributed by atoms with Crippen LogP contribution in [0.1, 0.15) is 34.1 Å². The van der Waals surface area contributed by atoms with Crippen molar-refractivity contribution >= 4 is 28.4 Å². The number of carbonyl (C=O) groups excluding carboxylic acids is 2. The Morgan fingerprint density at radius 2 is 1.72 bits per heavy atom. The summed E-state index contributed by atoms with van der Waals surface area (Å²) in [5, 5.41) is 1.61. The minimum absolute atomic E-state index is 0.339. The van der Waals surface area contributed by atoms with Gasteiger partial charge in [0.05, 0.1) is 17.7 Å². The monoisotopic (exact) mass is 332 g/mol. The molecule has 1 aliphatic rings. The molecule has 0 saturated heterocycles. The summed E-state index contributed by atoms with van der Waals surface area (Å²) in [4.78, 5) is 31.0. The molecule has 124 valence electrons. The van der Waals surface area contributed by atoms with Gasteiger partial charge in [-0.2, -0.15) is 0 Å². The quantitative estimate of drug-likeness (QED) is 0.681. The molecular formula is C20H16N2O3. The number of imide groups is 1. The molecular weight excluding hydrogens is 316 g/mol. The first kappa shape index (κ1) is 15.3. The van der Waals surface area contributed by atoms with Crippen LogP contribution in [-0.4, -0.2) is 23.4 Å². The summed E-state index contributed by atoms with van der Waals surface area (Å²) < 4.78 is 5.68. The summed E-state index contributed by atoms with van der Waals surface area (Å²) in [6.45, 7) is 2.64. The van der Waals surface area contributed by atoms with Crippen LogP contribution in [0.4, 0.5) is 5.82 Å². The van der Waals surface area contributed by atoms with Crippen LogP contribution >= 0.6 is 0 Å². The Balaban J connectivity index is 1.84. The topological polar surface area (TPSA) is 59.5 Å². The normalized spacial score (nSPS) is 13.4. The molecule has 25 heavy (non-hydrogen) atoms. The van der Waals surface area contributed by atoms with Crippen LogP contribution in [0, 0.1) is 0 Å². The number of benzene rings is 2. The van der Waals surface area contributed by atoms with Gasteiger partial charge in [-0.05, 0) is 42.1 Å². The molecule has 0 spiro atoms. The maximum Gasteiger partial charge on any atom is 0.267 e. The molecule has 0 N–H and O–H groups in total. The minimum Gasteiger partial charge on any atom is -0.494 e. The summed E-state index contributed by atoms with van der Waals surface area (Å²) in [6.07, 6.45) is 2.50. The molecule has 5 heteroatoms. The number of anilines is 1. The molecule has 2 aromatic carbocycles. The summed E-state index contributed by atoms with van der Waals surface area (Å²) in [6, 6.07) is 14.3.